The highest BCUT2D eigenvalue weighted by molar-refractivity contribution is 7.90. The Hall–Kier alpha value is -3.03. The molecule has 2 aliphatic heterocycles. The van der Waals surface area contributed by atoms with E-state index in [2.05, 4.69) is 9.71 Å². The van der Waals surface area contributed by atoms with Gasteiger partial charge in [0, 0.05) is 18.4 Å². The van der Waals surface area contributed by atoms with E-state index in [9.17, 15) is 26.4 Å². The number of anilines is 1. The molecule has 1 amide bonds. The first-order chi connectivity index (χ1) is 13.9. The summed E-state index contributed by atoms with van der Waals surface area (Å²) in [6.45, 7) is 1.52. The standard InChI is InChI=1S/C17H18N4O7S2/c1-11(16(22)19-13-3-5-14(6-4-13)30(18,26)27)28-17(23)12-2-7-15-20-29(24,25)9-8-21(15)10-12/h2-7,10-11H,8-9H2,1H3,(H,19,22)(H2,18,26,27). The van der Waals surface area contributed by atoms with E-state index in [1.807, 2.05) is 0 Å². The van der Waals surface area contributed by atoms with Crippen molar-refractivity contribution in [3.8, 4) is 0 Å². The Morgan fingerprint density at radius 2 is 1.90 bits per heavy atom. The van der Waals surface area contributed by atoms with Gasteiger partial charge in [0.15, 0.2) is 6.10 Å². The van der Waals surface area contributed by atoms with Crippen LogP contribution in [0.4, 0.5) is 5.69 Å². The van der Waals surface area contributed by atoms with Crippen molar-refractivity contribution < 1.29 is 31.2 Å². The van der Waals surface area contributed by atoms with Gasteiger partial charge in [-0.1, -0.05) is 0 Å². The van der Waals surface area contributed by atoms with Crippen molar-refractivity contribution in [2.24, 2.45) is 9.54 Å². The predicted octanol–water partition coefficient (Wildman–Crippen LogP) is -0.298. The molecule has 1 aromatic carbocycles. The van der Waals surface area contributed by atoms with Crippen LogP contribution in [0.3, 0.4) is 0 Å². The van der Waals surface area contributed by atoms with Crippen LogP contribution in [-0.4, -0.2) is 57.8 Å². The van der Waals surface area contributed by atoms with Gasteiger partial charge in [-0.2, -0.15) is 0 Å². The van der Waals surface area contributed by atoms with Crippen molar-refractivity contribution in [2.75, 3.05) is 17.6 Å². The molecule has 2 heterocycles. The summed E-state index contributed by atoms with van der Waals surface area (Å²) >= 11 is 0. The van der Waals surface area contributed by atoms with Crippen LogP contribution in [0.5, 0.6) is 0 Å². The summed E-state index contributed by atoms with van der Waals surface area (Å²) < 4.78 is 54.3. The largest absolute Gasteiger partial charge is 0.449 e. The molecule has 0 spiro atoms. The summed E-state index contributed by atoms with van der Waals surface area (Å²) in [5.74, 6) is -1.37. The third-order valence-electron chi connectivity index (χ3n) is 4.16. The second-order valence-corrected chi connectivity index (χ2v) is 9.77. The van der Waals surface area contributed by atoms with Gasteiger partial charge in [0.05, 0.1) is 16.2 Å². The Morgan fingerprint density at radius 1 is 1.23 bits per heavy atom. The Balaban J connectivity index is 1.61. The number of nitrogens with two attached hydrogens (primary N) is 1. The number of sulfonamides is 2. The first-order valence-corrected chi connectivity index (χ1v) is 11.7. The van der Waals surface area contributed by atoms with Crippen LogP contribution < -0.4 is 10.5 Å². The molecule has 0 saturated carbocycles. The minimum Gasteiger partial charge on any atom is -0.449 e. The van der Waals surface area contributed by atoms with Crippen molar-refractivity contribution in [2.45, 2.75) is 17.9 Å². The van der Waals surface area contributed by atoms with Crippen molar-refractivity contribution in [3.63, 3.8) is 0 Å². The maximum Gasteiger partial charge on any atom is 0.340 e. The minimum absolute atomic E-state index is 0.107. The number of primary sulfonamides is 1. The molecule has 0 aliphatic carbocycles. The van der Waals surface area contributed by atoms with Gasteiger partial charge < -0.3 is 15.0 Å². The number of nitrogens with one attached hydrogen (secondary N) is 1. The van der Waals surface area contributed by atoms with Crippen LogP contribution >= 0.6 is 0 Å². The van der Waals surface area contributed by atoms with Crippen molar-refractivity contribution >= 4 is 43.4 Å². The molecule has 160 valence electrons. The summed E-state index contributed by atoms with van der Waals surface area (Å²) in [7, 11) is -7.35. The molecule has 0 aromatic heterocycles. The number of esters is 1. The van der Waals surface area contributed by atoms with Gasteiger partial charge in [-0.15, -0.1) is 4.40 Å². The lowest BCUT2D eigenvalue weighted by atomic mass is 10.2. The SMILES string of the molecule is CC(OC(=O)C1=CN2CCS(=O)(=O)N=C2C=C1)C(=O)Nc1ccc(S(N)(=O)=O)cc1. The highest BCUT2D eigenvalue weighted by atomic mass is 32.2. The monoisotopic (exact) mass is 454 g/mol. The van der Waals surface area contributed by atoms with Crippen LogP contribution in [0.15, 0.2) is 57.5 Å². The molecule has 11 nitrogen and oxygen atoms in total. The van der Waals surface area contributed by atoms with Crippen molar-refractivity contribution in [1.29, 1.82) is 0 Å². The first-order valence-electron chi connectivity index (χ1n) is 8.58. The number of amidine groups is 1. The van der Waals surface area contributed by atoms with Gasteiger partial charge in [0.1, 0.15) is 5.84 Å². The summed E-state index contributed by atoms with van der Waals surface area (Å²) in [5, 5.41) is 7.51. The van der Waals surface area contributed by atoms with E-state index in [0.29, 0.717) is 5.69 Å². The molecule has 1 aromatic rings. The van der Waals surface area contributed by atoms with Gasteiger partial charge in [0.2, 0.25) is 10.0 Å². The van der Waals surface area contributed by atoms with Gasteiger partial charge in [-0.3, -0.25) is 4.79 Å². The van der Waals surface area contributed by atoms with Crippen LogP contribution in [0.1, 0.15) is 6.92 Å². The van der Waals surface area contributed by atoms with Crippen LogP contribution in [0.25, 0.3) is 0 Å². The molecule has 3 N–H and O–H groups in total. The third-order valence-corrected chi connectivity index (χ3v) is 6.26. The van der Waals surface area contributed by atoms with Crippen LogP contribution in [0.2, 0.25) is 0 Å². The number of carbonyl (C=O) groups excluding carboxylic acids is 2. The Labute approximate surface area is 173 Å². The van der Waals surface area contributed by atoms with Gasteiger partial charge >= 0.3 is 5.97 Å². The average molecular weight is 454 g/mol. The Bertz CT molecular complexity index is 1180. The average Bonchev–Trinajstić information content (AvgIpc) is 2.66. The number of benzene rings is 1. The lowest BCUT2D eigenvalue weighted by Gasteiger charge is -2.27. The zero-order chi connectivity index (χ0) is 22.1. The van der Waals surface area contributed by atoms with Gasteiger partial charge in [-0.25, -0.2) is 26.8 Å². The Morgan fingerprint density at radius 3 is 2.53 bits per heavy atom. The topological polar surface area (TPSA) is 165 Å². The number of hydrogen-bond donors (Lipinski definition) is 2. The summed E-state index contributed by atoms with van der Waals surface area (Å²) in [6, 6.07) is 5.17. The lowest BCUT2D eigenvalue weighted by molar-refractivity contribution is -0.149. The molecule has 2 aliphatic rings. The smallest absolute Gasteiger partial charge is 0.340 e. The molecule has 13 heteroatoms. The number of carbonyl (C=O) groups is 2. The predicted molar refractivity (Wildman–Crippen MR) is 107 cm³/mol. The first kappa shape index (κ1) is 21.7. The van der Waals surface area contributed by atoms with Crippen LogP contribution in [-0.2, 0) is 34.4 Å². The minimum atomic E-state index is -3.85. The normalized spacial score (nSPS) is 18.5. The van der Waals surface area contributed by atoms with Crippen molar-refractivity contribution in [1.82, 2.24) is 4.90 Å². The van der Waals surface area contributed by atoms with E-state index >= 15 is 0 Å². The molecule has 1 unspecified atom stereocenters. The van der Waals surface area contributed by atoms with Crippen molar-refractivity contribution in [3.05, 3.63) is 48.2 Å². The molecule has 0 bridgehead atoms. The summed E-state index contributed by atoms with van der Waals surface area (Å²) in [6.07, 6.45) is 2.99. The number of hydrogen-bond acceptors (Lipinski definition) is 8. The number of ether oxygens (including phenoxy) is 1. The fraction of sp³-hybridized carbons (Fsp3) is 0.235. The van der Waals surface area contributed by atoms with Crippen LogP contribution in [0, 0.1) is 0 Å². The van der Waals surface area contributed by atoms with E-state index < -0.39 is 38.0 Å². The molecule has 0 saturated heterocycles. The maximum atomic E-state index is 12.3. The zero-order valence-electron chi connectivity index (χ0n) is 15.7. The highest BCUT2D eigenvalue weighted by Gasteiger charge is 2.27. The van der Waals surface area contributed by atoms with E-state index in [-0.39, 0.29) is 28.6 Å². The van der Waals surface area contributed by atoms with Gasteiger partial charge in [0.25, 0.3) is 15.9 Å². The van der Waals surface area contributed by atoms with E-state index in [0.717, 1.165) is 0 Å². The van der Waals surface area contributed by atoms with E-state index in [1.54, 1.807) is 0 Å². The lowest BCUT2D eigenvalue weighted by Crippen LogP contribution is -2.37. The fourth-order valence-corrected chi connectivity index (χ4v) is 4.06. The second-order valence-electron chi connectivity index (χ2n) is 6.45. The van der Waals surface area contributed by atoms with E-state index in [4.69, 9.17) is 9.88 Å². The zero-order valence-corrected chi connectivity index (χ0v) is 17.3. The van der Waals surface area contributed by atoms with Gasteiger partial charge in [-0.05, 0) is 43.3 Å². The molecule has 3 rings (SSSR count). The number of fused-ring (bicyclic) bond motifs is 1. The Kier molecular flexibility index (Phi) is 5.78. The third kappa shape index (κ3) is 5.11. The molecular weight excluding hydrogens is 436 g/mol. The molecule has 0 fully saturated rings. The van der Waals surface area contributed by atoms with E-state index in [1.165, 1.54) is 54.4 Å². The molecule has 1 atom stereocenters. The summed E-state index contributed by atoms with van der Waals surface area (Å²) in [4.78, 5) is 26.0. The number of nitrogens with zero attached hydrogens (tertiary/aromatic N) is 2. The molecular formula is C17H18N4O7S2. The highest BCUT2D eigenvalue weighted by Crippen LogP contribution is 2.18. The maximum absolute atomic E-state index is 12.3. The molecule has 0 radical (unpaired) electrons. The second kappa shape index (κ2) is 8.01. The quantitative estimate of drug-likeness (QED) is 0.572. The number of amides is 1. The summed E-state index contributed by atoms with van der Waals surface area (Å²) in [5.41, 5.74) is 0.424. The number of rotatable bonds is 5. The fourth-order valence-electron chi connectivity index (χ4n) is 2.58. The molecule has 30 heavy (non-hydrogen) atoms.